The monoisotopic (exact) mass is 375 g/mol. The van der Waals surface area contributed by atoms with Gasteiger partial charge in [-0.25, -0.2) is 4.98 Å². The van der Waals surface area contributed by atoms with Crippen LogP contribution in [0, 0.1) is 0 Å². The number of methoxy groups -OCH3 is 1. The highest BCUT2D eigenvalue weighted by Crippen LogP contribution is 2.21. The molecule has 1 fully saturated rings. The fraction of sp³-hybridized carbons (Fsp3) is 0.368. The van der Waals surface area contributed by atoms with Gasteiger partial charge in [0, 0.05) is 36.4 Å². The van der Waals surface area contributed by atoms with Crippen molar-refractivity contribution in [1.29, 1.82) is 0 Å². The third-order valence-electron chi connectivity index (χ3n) is 4.20. The number of amides is 1. The van der Waals surface area contributed by atoms with E-state index in [1.807, 2.05) is 12.1 Å². The highest BCUT2D eigenvalue weighted by atomic mass is 35.5. The number of morpholine rings is 1. The smallest absolute Gasteiger partial charge is 0.251 e. The van der Waals surface area contributed by atoms with Gasteiger partial charge in [-0.15, -0.1) is 0 Å². The van der Waals surface area contributed by atoms with Crippen molar-refractivity contribution in [2.24, 2.45) is 0 Å². The highest BCUT2D eigenvalue weighted by Gasteiger charge is 2.17. The van der Waals surface area contributed by atoms with Crippen molar-refractivity contribution in [3.63, 3.8) is 0 Å². The van der Waals surface area contributed by atoms with Gasteiger partial charge < -0.3 is 19.7 Å². The van der Waals surface area contributed by atoms with E-state index >= 15 is 0 Å². The summed E-state index contributed by atoms with van der Waals surface area (Å²) >= 11 is 6.01. The summed E-state index contributed by atoms with van der Waals surface area (Å²) in [6.07, 6.45) is 1.99. The number of carbonyl (C=O) groups excluding carboxylic acids is 1. The molecule has 1 amide bonds. The van der Waals surface area contributed by atoms with Crippen LogP contribution in [0.15, 0.2) is 36.5 Å². The standard InChI is InChI=1S/C19H22ClN3O3/c1-13-12-23(5-6-26-13)18-4-3-14(10-21-18)11-22-19(24)15-7-16(20)9-17(8-15)25-2/h3-4,7-10,13H,5-6,11-12H2,1-2H3,(H,22,24). The summed E-state index contributed by atoms with van der Waals surface area (Å²) in [4.78, 5) is 19.0. The van der Waals surface area contributed by atoms with E-state index < -0.39 is 0 Å². The first-order valence-electron chi connectivity index (χ1n) is 8.49. The summed E-state index contributed by atoms with van der Waals surface area (Å²) in [5.41, 5.74) is 1.39. The van der Waals surface area contributed by atoms with E-state index in [-0.39, 0.29) is 12.0 Å². The minimum Gasteiger partial charge on any atom is -0.497 e. The number of benzene rings is 1. The molecule has 1 saturated heterocycles. The molecule has 0 spiro atoms. The molecule has 0 radical (unpaired) electrons. The van der Waals surface area contributed by atoms with Gasteiger partial charge in [0.15, 0.2) is 0 Å². The Morgan fingerprint density at radius 2 is 2.27 bits per heavy atom. The second-order valence-corrected chi connectivity index (χ2v) is 6.65. The van der Waals surface area contributed by atoms with Crippen LogP contribution in [0.5, 0.6) is 5.75 Å². The molecule has 1 aliphatic rings. The van der Waals surface area contributed by atoms with E-state index in [4.69, 9.17) is 21.1 Å². The lowest BCUT2D eigenvalue weighted by molar-refractivity contribution is 0.0529. The van der Waals surface area contributed by atoms with Gasteiger partial charge in [0.1, 0.15) is 11.6 Å². The maximum absolute atomic E-state index is 12.3. The Morgan fingerprint density at radius 3 is 2.96 bits per heavy atom. The van der Waals surface area contributed by atoms with Crippen molar-refractivity contribution in [2.75, 3.05) is 31.7 Å². The highest BCUT2D eigenvalue weighted by molar-refractivity contribution is 6.31. The SMILES string of the molecule is COc1cc(Cl)cc(C(=O)NCc2ccc(N3CCOC(C)C3)nc2)c1. The molecule has 0 bridgehead atoms. The van der Waals surface area contributed by atoms with Gasteiger partial charge in [0.25, 0.3) is 5.91 Å². The summed E-state index contributed by atoms with van der Waals surface area (Å²) in [5.74, 6) is 1.26. The summed E-state index contributed by atoms with van der Waals surface area (Å²) < 4.78 is 10.7. The lowest BCUT2D eigenvalue weighted by Gasteiger charge is -2.32. The zero-order chi connectivity index (χ0) is 18.5. The van der Waals surface area contributed by atoms with Crippen LogP contribution >= 0.6 is 11.6 Å². The molecule has 2 aromatic rings. The van der Waals surface area contributed by atoms with Gasteiger partial charge in [-0.05, 0) is 36.8 Å². The van der Waals surface area contributed by atoms with Crippen LogP contribution in [-0.4, -0.2) is 43.8 Å². The molecular weight excluding hydrogens is 354 g/mol. The minimum atomic E-state index is -0.211. The van der Waals surface area contributed by atoms with Gasteiger partial charge in [-0.2, -0.15) is 0 Å². The zero-order valence-electron chi connectivity index (χ0n) is 14.9. The lowest BCUT2D eigenvalue weighted by atomic mass is 10.2. The Labute approximate surface area is 158 Å². The van der Waals surface area contributed by atoms with Gasteiger partial charge >= 0.3 is 0 Å². The Bertz CT molecular complexity index is 767. The molecule has 1 aromatic carbocycles. The number of halogens is 1. The fourth-order valence-corrected chi connectivity index (χ4v) is 3.06. The third kappa shape index (κ3) is 4.65. The number of hydrogen-bond acceptors (Lipinski definition) is 5. The summed E-state index contributed by atoms with van der Waals surface area (Å²) in [5, 5.41) is 3.33. The van der Waals surface area contributed by atoms with Crippen LogP contribution in [0.3, 0.4) is 0 Å². The van der Waals surface area contributed by atoms with Crippen molar-refractivity contribution >= 4 is 23.3 Å². The van der Waals surface area contributed by atoms with Crippen LogP contribution in [0.25, 0.3) is 0 Å². The average Bonchev–Trinajstić information content (AvgIpc) is 2.66. The Balaban J connectivity index is 1.59. The Kier molecular flexibility index (Phi) is 5.96. The van der Waals surface area contributed by atoms with E-state index in [1.165, 1.54) is 7.11 Å². The third-order valence-corrected chi connectivity index (χ3v) is 4.41. The maximum atomic E-state index is 12.3. The van der Waals surface area contributed by atoms with Gasteiger partial charge in [-0.3, -0.25) is 4.79 Å². The maximum Gasteiger partial charge on any atom is 0.251 e. The summed E-state index contributed by atoms with van der Waals surface area (Å²) in [7, 11) is 1.54. The number of hydrogen-bond donors (Lipinski definition) is 1. The van der Waals surface area contributed by atoms with Crippen molar-refractivity contribution in [3.05, 3.63) is 52.7 Å². The normalized spacial score (nSPS) is 17.0. The predicted octanol–water partition coefficient (Wildman–Crippen LogP) is 2.90. The summed E-state index contributed by atoms with van der Waals surface area (Å²) in [6.45, 7) is 4.83. The molecule has 0 aliphatic carbocycles. The molecule has 1 aromatic heterocycles. The topological polar surface area (TPSA) is 63.7 Å². The molecule has 0 saturated carbocycles. The van der Waals surface area contributed by atoms with Crippen molar-refractivity contribution < 1.29 is 14.3 Å². The largest absolute Gasteiger partial charge is 0.497 e. The van der Waals surface area contributed by atoms with E-state index in [0.29, 0.717) is 29.5 Å². The molecule has 138 valence electrons. The number of carbonyl (C=O) groups is 1. The molecule has 1 atom stereocenters. The van der Waals surface area contributed by atoms with E-state index in [0.717, 1.165) is 24.5 Å². The van der Waals surface area contributed by atoms with Gasteiger partial charge in [-0.1, -0.05) is 17.7 Å². The molecule has 7 heteroatoms. The number of pyridine rings is 1. The molecule has 1 unspecified atom stereocenters. The first kappa shape index (κ1) is 18.5. The Morgan fingerprint density at radius 1 is 1.42 bits per heavy atom. The second kappa shape index (κ2) is 8.38. The van der Waals surface area contributed by atoms with Crippen molar-refractivity contribution in [3.8, 4) is 5.75 Å². The molecule has 3 rings (SSSR count). The van der Waals surface area contributed by atoms with E-state index in [1.54, 1.807) is 24.4 Å². The predicted molar refractivity (Wildman–Crippen MR) is 101 cm³/mol. The number of ether oxygens (including phenoxy) is 2. The van der Waals surface area contributed by atoms with Crippen LogP contribution in [-0.2, 0) is 11.3 Å². The van der Waals surface area contributed by atoms with Crippen molar-refractivity contribution in [1.82, 2.24) is 10.3 Å². The van der Waals surface area contributed by atoms with Crippen LogP contribution in [0.2, 0.25) is 5.02 Å². The van der Waals surface area contributed by atoms with E-state index in [2.05, 4.69) is 22.1 Å². The Hall–Kier alpha value is -2.31. The second-order valence-electron chi connectivity index (χ2n) is 6.21. The average molecular weight is 376 g/mol. The molecule has 2 heterocycles. The number of nitrogens with zero attached hydrogens (tertiary/aromatic N) is 2. The number of nitrogens with one attached hydrogen (secondary N) is 1. The van der Waals surface area contributed by atoms with Gasteiger partial charge in [0.05, 0.1) is 19.8 Å². The van der Waals surface area contributed by atoms with E-state index in [9.17, 15) is 4.79 Å². The zero-order valence-corrected chi connectivity index (χ0v) is 15.6. The summed E-state index contributed by atoms with van der Waals surface area (Å²) in [6, 6.07) is 8.87. The van der Waals surface area contributed by atoms with Crippen LogP contribution in [0.4, 0.5) is 5.82 Å². The minimum absolute atomic E-state index is 0.208. The number of rotatable bonds is 5. The van der Waals surface area contributed by atoms with Crippen molar-refractivity contribution in [2.45, 2.75) is 19.6 Å². The quantitative estimate of drug-likeness (QED) is 0.870. The van der Waals surface area contributed by atoms with Gasteiger partial charge in [0.2, 0.25) is 0 Å². The van der Waals surface area contributed by atoms with Crippen LogP contribution in [0.1, 0.15) is 22.8 Å². The number of aromatic nitrogens is 1. The first-order chi connectivity index (χ1) is 12.5. The number of anilines is 1. The molecule has 1 aliphatic heterocycles. The molecule has 26 heavy (non-hydrogen) atoms. The molecule has 6 nitrogen and oxygen atoms in total. The fourth-order valence-electron chi connectivity index (χ4n) is 2.83. The lowest BCUT2D eigenvalue weighted by Crippen LogP contribution is -2.41. The molecule has 1 N–H and O–H groups in total. The molecular formula is C19H22ClN3O3. The first-order valence-corrected chi connectivity index (χ1v) is 8.87. The van der Waals surface area contributed by atoms with Crippen LogP contribution < -0.4 is 15.0 Å².